The van der Waals surface area contributed by atoms with Crippen molar-refractivity contribution in [3.05, 3.63) is 59.4 Å². The molecule has 4 aromatic heterocycles. The summed E-state index contributed by atoms with van der Waals surface area (Å²) in [7, 11) is 1.88. The molecule has 14 heteroatoms. The van der Waals surface area contributed by atoms with Crippen LogP contribution in [0.4, 0.5) is 23.1 Å². The largest absolute Gasteiger partial charge is 0.471 e. The lowest BCUT2D eigenvalue weighted by molar-refractivity contribution is -0.117. The highest BCUT2D eigenvalue weighted by atomic mass is 35.5. The van der Waals surface area contributed by atoms with E-state index in [2.05, 4.69) is 35.7 Å². The monoisotopic (exact) mass is 587 g/mol. The Morgan fingerprint density at radius 2 is 2.10 bits per heavy atom. The third-order valence-electron chi connectivity index (χ3n) is 7.20. The third-order valence-corrected chi connectivity index (χ3v) is 7.38. The lowest BCUT2D eigenvalue weighted by Gasteiger charge is -2.17. The number of para-hydroxylation sites is 1. The molecule has 0 saturated carbocycles. The van der Waals surface area contributed by atoms with Gasteiger partial charge in [0.2, 0.25) is 23.0 Å². The molecule has 1 unspecified atom stereocenters. The fourth-order valence-electron chi connectivity index (χ4n) is 5.00. The van der Waals surface area contributed by atoms with E-state index < -0.39 is 0 Å². The first kappa shape index (κ1) is 27.4. The lowest BCUT2D eigenvalue weighted by Crippen LogP contribution is -2.33. The maximum atomic E-state index is 13.0. The van der Waals surface area contributed by atoms with Gasteiger partial charge in [-0.2, -0.15) is 10.1 Å². The van der Waals surface area contributed by atoms with E-state index in [1.165, 1.54) is 6.20 Å². The molecule has 1 aliphatic rings. The lowest BCUT2D eigenvalue weighted by atomic mass is 10.1. The van der Waals surface area contributed by atoms with Crippen molar-refractivity contribution in [3.8, 4) is 17.1 Å². The number of benzene rings is 1. The van der Waals surface area contributed by atoms with Gasteiger partial charge < -0.3 is 26.1 Å². The van der Waals surface area contributed by atoms with Gasteiger partial charge in [0, 0.05) is 55.2 Å². The number of nitrogens with one attached hydrogen (secondary N) is 3. The highest BCUT2D eigenvalue weighted by Crippen LogP contribution is 2.33. The first-order valence-electron chi connectivity index (χ1n) is 13.4. The van der Waals surface area contributed by atoms with Gasteiger partial charge in [-0.3, -0.25) is 14.4 Å². The van der Waals surface area contributed by atoms with Crippen LogP contribution in [0.1, 0.15) is 17.7 Å². The summed E-state index contributed by atoms with van der Waals surface area (Å²) in [5.41, 5.74) is 11.4. The molecule has 1 saturated heterocycles. The Morgan fingerprint density at radius 1 is 1.24 bits per heavy atom. The second-order valence-corrected chi connectivity index (χ2v) is 10.6. The summed E-state index contributed by atoms with van der Waals surface area (Å²) < 4.78 is 7.71. The molecule has 5 aromatic rings. The third kappa shape index (κ3) is 5.69. The molecule has 0 spiro atoms. The fourth-order valence-corrected chi connectivity index (χ4v) is 5.13. The molecular weight excluding hydrogens is 558 g/mol. The van der Waals surface area contributed by atoms with Gasteiger partial charge in [0.1, 0.15) is 11.8 Å². The van der Waals surface area contributed by atoms with Gasteiger partial charge >= 0.3 is 0 Å². The SMILES string of the molecule is Cc1cnc(Nc2cc(C)n(C)n2)nc1-c1c[nH]c2c(NC(=O)CN3CCC(Oc4nc(Cl)ncc4N)C3)cccc12. The topological polar surface area (TPSA) is 165 Å². The average molecular weight is 588 g/mol. The van der Waals surface area contributed by atoms with E-state index in [0.29, 0.717) is 36.2 Å². The number of anilines is 4. The number of aryl methyl sites for hydroxylation is 3. The van der Waals surface area contributed by atoms with Crippen molar-refractivity contribution in [2.45, 2.75) is 26.4 Å². The van der Waals surface area contributed by atoms with Crippen molar-refractivity contribution in [1.29, 1.82) is 0 Å². The zero-order chi connectivity index (χ0) is 29.4. The van der Waals surface area contributed by atoms with Crippen LogP contribution in [-0.4, -0.2) is 71.2 Å². The summed E-state index contributed by atoms with van der Waals surface area (Å²) in [4.78, 5) is 35.5. The van der Waals surface area contributed by atoms with Crippen molar-refractivity contribution >= 4 is 51.6 Å². The van der Waals surface area contributed by atoms with Gasteiger partial charge in [0.25, 0.3) is 0 Å². The van der Waals surface area contributed by atoms with Gasteiger partial charge in [0.05, 0.1) is 29.6 Å². The summed E-state index contributed by atoms with van der Waals surface area (Å²) in [6.45, 7) is 5.43. The first-order chi connectivity index (χ1) is 20.2. The number of carbonyl (C=O) groups excluding carboxylic acids is 1. The molecule has 0 bridgehead atoms. The van der Waals surface area contributed by atoms with E-state index in [-0.39, 0.29) is 29.7 Å². The number of hydrogen-bond acceptors (Lipinski definition) is 10. The maximum absolute atomic E-state index is 13.0. The molecule has 42 heavy (non-hydrogen) atoms. The quantitative estimate of drug-likeness (QED) is 0.196. The number of aromatic amines is 1. The average Bonchev–Trinajstić information content (AvgIpc) is 3.66. The van der Waals surface area contributed by atoms with Crippen molar-refractivity contribution in [2.24, 2.45) is 7.05 Å². The van der Waals surface area contributed by atoms with Crippen molar-refractivity contribution < 1.29 is 9.53 Å². The minimum absolute atomic E-state index is 0.0709. The van der Waals surface area contributed by atoms with E-state index in [0.717, 1.165) is 39.8 Å². The van der Waals surface area contributed by atoms with Crippen LogP contribution in [0.5, 0.6) is 5.88 Å². The van der Waals surface area contributed by atoms with E-state index in [1.807, 2.05) is 56.3 Å². The van der Waals surface area contributed by atoms with E-state index in [4.69, 9.17) is 27.1 Å². The van der Waals surface area contributed by atoms with Crippen LogP contribution in [0.3, 0.4) is 0 Å². The number of nitrogens with two attached hydrogens (primary N) is 1. The number of H-pyrrole nitrogens is 1. The van der Waals surface area contributed by atoms with E-state index in [9.17, 15) is 4.79 Å². The normalized spacial score (nSPS) is 15.3. The van der Waals surface area contributed by atoms with Gasteiger partial charge in [-0.1, -0.05) is 12.1 Å². The molecule has 1 aliphatic heterocycles. The van der Waals surface area contributed by atoms with Crippen molar-refractivity contribution in [1.82, 2.24) is 39.6 Å². The predicted molar refractivity (Wildman–Crippen MR) is 161 cm³/mol. The van der Waals surface area contributed by atoms with Crippen molar-refractivity contribution in [3.63, 3.8) is 0 Å². The summed E-state index contributed by atoms with van der Waals surface area (Å²) in [6, 6.07) is 7.73. The van der Waals surface area contributed by atoms with Crippen LogP contribution >= 0.6 is 11.6 Å². The Hall–Kier alpha value is -4.75. The number of nitrogens with zero attached hydrogens (tertiary/aromatic N) is 7. The Kier molecular flexibility index (Phi) is 7.35. The van der Waals surface area contributed by atoms with Crippen LogP contribution in [-0.2, 0) is 11.8 Å². The van der Waals surface area contributed by atoms with E-state index >= 15 is 0 Å². The van der Waals surface area contributed by atoms with Crippen LogP contribution in [0.15, 0.2) is 42.9 Å². The van der Waals surface area contributed by atoms with Gasteiger partial charge in [-0.15, -0.1) is 0 Å². The number of nitrogen functional groups attached to an aromatic ring is 1. The number of likely N-dealkylation sites (tertiary alicyclic amines) is 1. The number of amides is 1. The van der Waals surface area contributed by atoms with Crippen LogP contribution < -0.4 is 21.1 Å². The Morgan fingerprint density at radius 3 is 2.90 bits per heavy atom. The zero-order valence-corrected chi connectivity index (χ0v) is 24.1. The van der Waals surface area contributed by atoms with Crippen LogP contribution in [0, 0.1) is 13.8 Å². The number of ether oxygens (including phenoxy) is 1. The van der Waals surface area contributed by atoms with Gasteiger partial charge in [-0.25, -0.2) is 15.0 Å². The smallest absolute Gasteiger partial charge is 0.241 e. The standard InChI is InChI=1S/C28H30ClN11O2/c1-15-10-33-28(35-22-9-16(2)39(3)38-22)36-24(15)19-11-31-25-18(19)5-4-6-21(25)34-23(41)14-40-8-7-17(13-40)42-26-20(30)12-32-27(29)37-26/h4-6,9-12,17,31H,7-8,13-14,30H2,1-3H3,(H,34,41)(H,33,35,36,38). The summed E-state index contributed by atoms with van der Waals surface area (Å²) in [6.07, 6.45) is 5.68. The number of fused-ring (bicyclic) bond motifs is 1. The molecule has 1 fully saturated rings. The molecule has 1 atom stereocenters. The minimum atomic E-state index is -0.155. The van der Waals surface area contributed by atoms with Crippen LogP contribution in [0.25, 0.3) is 22.2 Å². The molecule has 5 heterocycles. The van der Waals surface area contributed by atoms with Crippen molar-refractivity contribution in [2.75, 3.05) is 36.0 Å². The highest BCUT2D eigenvalue weighted by molar-refractivity contribution is 6.28. The number of hydrogen-bond donors (Lipinski definition) is 4. The number of aromatic nitrogens is 7. The predicted octanol–water partition coefficient (Wildman–Crippen LogP) is 3.84. The minimum Gasteiger partial charge on any atom is -0.471 e. The Bertz CT molecular complexity index is 1760. The second kappa shape index (κ2) is 11.3. The molecule has 1 amide bonds. The summed E-state index contributed by atoms with van der Waals surface area (Å²) in [5.74, 6) is 1.26. The number of carbonyl (C=O) groups is 1. The number of halogens is 1. The molecule has 0 radical (unpaired) electrons. The fraction of sp³-hybridized carbons (Fsp3) is 0.286. The van der Waals surface area contributed by atoms with E-state index in [1.54, 1.807) is 10.9 Å². The zero-order valence-electron chi connectivity index (χ0n) is 23.3. The molecule has 216 valence electrons. The summed E-state index contributed by atoms with van der Waals surface area (Å²) >= 11 is 5.87. The van der Waals surface area contributed by atoms with Crippen LogP contribution in [0.2, 0.25) is 5.28 Å². The molecule has 5 N–H and O–H groups in total. The second-order valence-electron chi connectivity index (χ2n) is 10.3. The Balaban J connectivity index is 1.14. The first-order valence-corrected chi connectivity index (χ1v) is 13.8. The summed E-state index contributed by atoms with van der Waals surface area (Å²) in [5, 5.41) is 11.7. The highest BCUT2D eigenvalue weighted by Gasteiger charge is 2.27. The molecule has 6 rings (SSSR count). The molecule has 13 nitrogen and oxygen atoms in total. The maximum Gasteiger partial charge on any atom is 0.241 e. The molecular formula is C28H30ClN11O2. The molecule has 1 aromatic carbocycles. The van der Waals surface area contributed by atoms with Gasteiger partial charge in [-0.05, 0) is 43.5 Å². The number of rotatable bonds is 8. The molecule has 0 aliphatic carbocycles. The Labute approximate surface area is 246 Å². The van der Waals surface area contributed by atoms with Gasteiger partial charge in [0.15, 0.2) is 5.82 Å².